The van der Waals surface area contributed by atoms with Crippen LogP contribution >= 0.6 is 0 Å². The van der Waals surface area contributed by atoms with E-state index in [2.05, 4.69) is 0 Å². The Morgan fingerprint density at radius 3 is 2.50 bits per heavy atom. The van der Waals surface area contributed by atoms with Gasteiger partial charge in [0.05, 0.1) is 0 Å². The molecule has 5 nitrogen and oxygen atoms in total. The van der Waals surface area contributed by atoms with E-state index in [9.17, 15) is 14.7 Å². The highest BCUT2D eigenvalue weighted by atomic mass is 16.7. The van der Waals surface area contributed by atoms with Gasteiger partial charge in [0.15, 0.2) is 5.92 Å². The first-order valence-electron chi connectivity index (χ1n) is 6.29. The third kappa shape index (κ3) is 3.38. The molecule has 0 atom stereocenters. The molecule has 0 amide bonds. The van der Waals surface area contributed by atoms with Gasteiger partial charge in [-0.1, -0.05) is 24.3 Å². The number of allylic oxidation sites excluding steroid dienone is 1. The molecule has 0 bridgehead atoms. The topological polar surface area (TPSA) is 72.8 Å². The molecule has 1 saturated heterocycles. The second kappa shape index (κ2) is 5.36. The van der Waals surface area contributed by atoms with Gasteiger partial charge in [0.1, 0.15) is 5.75 Å². The minimum absolute atomic E-state index is 0.158. The highest BCUT2D eigenvalue weighted by Gasteiger charge is 2.42. The number of phenolic OH excluding ortho intramolecular Hbond substituents is 1. The quantitative estimate of drug-likeness (QED) is 0.677. The monoisotopic (exact) mass is 276 g/mol. The van der Waals surface area contributed by atoms with Gasteiger partial charge >= 0.3 is 11.9 Å². The predicted molar refractivity (Wildman–Crippen MR) is 71.5 cm³/mol. The first-order valence-corrected chi connectivity index (χ1v) is 6.29. The van der Waals surface area contributed by atoms with E-state index < -0.39 is 23.6 Å². The molecule has 1 aliphatic heterocycles. The van der Waals surface area contributed by atoms with Gasteiger partial charge in [0.2, 0.25) is 0 Å². The molecule has 20 heavy (non-hydrogen) atoms. The summed E-state index contributed by atoms with van der Waals surface area (Å²) in [6.07, 6.45) is 3.60. The Morgan fingerprint density at radius 2 is 1.90 bits per heavy atom. The summed E-state index contributed by atoms with van der Waals surface area (Å²) in [5.41, 5.74) is 0.780. The van der Waals surface area contributed by atoms with Crippen molar-refractivity contribution < 1.29 is 24.2 Å². The summed E-state index contributed by atoms with van der Waals surface area (Å²) in [6.45, 7) is 3.03. The molecule has 1 heterocycles. The molecule has 1 aliphatic rings. The van der Waals surface area contributed by atoms with E-state index in [0.29, 0.717) is 0 Å². The molecular weight excluding hydrogens is 260 g/mol. The van der Waals surface area contributed by atoms with Gasteiger partial charge in [0, 0.05) is 13.8 Å². The van der Waals surface area contributed by atoms with Crippen molar-refractivity contribution in [2.75, 3.05) is 0 Å². The Hall–Kier alpha value is -2.30. The number of carbonyl (C=O) groups excluding carboxylic acids is 2. The number of rotatable bonds is 3. The summed E-state index contributed by atoms with van der Waals surface area (Å²) in [5, 5.41) is 9.32. The van der Waals surface area contributed by atoms with Crippen LogP contribution in [0.1, 0.15) is 25.8 Å². The highest BCUT2D eigenvalue weighted by molar-refractivity contribution is 5.96. The average molecular weight is 276 g/mol. The van der Waals surface area contributed by atoms with E-state index in [-0.39, 0.29) is 12.2 Å². The fraction of sp³-hybridized carbons (Fsp3) is 0.333. The summed E-state index contributed by atoms with van der Waals surface area (Å²) in [7, 11) is 0. The molecule has 1 N–H and O–H groups in total. The van der Waals surface area contributed by atoms with Crippen molar-refractivity contribution in [3.63, 3.8) is 0 Å². The van der Waals surface area contributed by atoms with Crippen molar-refractivity contribution in [3.8, 4) is 5.75 Å². The van der Waals surface area contributed by atoms with Crippen LogP contribution in [-0.4, -0.2) is 22.8 Å². The second-order valence-corrected chi connectivity index (χ2v) is 5.03. The SMILES string of the molecule is CC1(C)OC(=O)C(CC=Cc2cccc(O)c2)C(=O)O1. The largest absolute Gasteiger partial charge is 0.508 e. The van der Waals surface area contributed by atoms with Gasteiger partial charge in [-0.2, -0.15) is 0 Å². The van der Waals surface area contributed by atoms with E-state index in [4.69, 9.17) is 9.47 Å². The Morgan fingerprint density at radius 1 is 1.25 bits per heavy atom. The number of cyclic esters (lactones) is 2. The third-order valence-electron chi connectivity index (χ3n) is 2.81. The van der Waals surface area contributed by atoms with E-state index in [1.807, 2.05) is 0 Å². The molecule has 2 rings (SSSR count). The zero-order chi connectivity index (χ0) is 14.8. The molecule has 0 aliphatic carbocycles. The van der Waals surface area contributed by atoms with Crippen molar-refractivity contribution in [2.45, 2.75) is 26.1 Å². The predicted octanol–water partition coefficient (Wildman–Crippen LogP) is 2.25. The van der Waals surface area contributed by atoms with Gasteiger partial charge in [-0.3, -0.25) is 9.59 Å². The zero-order valence-corrected chi connectivity index (χ0v) is 11.3. The van der Waals surface area contributed by atoms with Crippen LogP contribution in [0.4, 0.5) is 0 Å². The number of benzene rings is 1. The van der Waals surface area contributed by atoms with Crippen molar-refractivity contribution in [2.24, 2.45) is 5.92 Å². The fourth-order valence-electron chi connectivity index (χ4n) is 1.90. The summed E-state index contributed by atoms with van der Waals surface area (Å²) in [6, 6.07) is 6.66. The number of hydrogen-bond acceptors (Lipinski definition) is 5. The van der Waals surface area contributed by atoms with Crippen LogP contribution in [0.3, 0.4) is 0 Å². The highest BCUT2D eigenvalue weighted by Crippen LogP contribution is 2.25. The van der Waals surface area contributed by atoms with Gasteiger partial charge < -0.3 is 14.6 Å². The summed E-state index contributed by atoms with van der Waals surface area (Å²) in [4.78, 5) is 23.4. The van der Waals surface area contributed by atoms with Crippen molar-refractivity contribution in [1.82, 2.24) is 0 Å². The Kier molecular flexibility index (Phi) is 3.79. The number of hydrogen-bond donors (Lipinski definition) is 1. The molecule has 1 fully saturated rings. The van der Waals surface area contributed by atoms with Gasteiger partial charge in [-0.25, -0.2) is 0 Å². The van der Waals surface area contributed by atoms with Crippen LogP contribution in [0, 0.1) is 5.92 Å². The molecule has 1 aromatic rings. The Balaban J connectivity index is 2.00. The molecule has 0 saturated carbocycles. The van der Waals surface area contributed by atoms with Crippen LogP contribution < -0.4 is 0 Å². The molecule has 0 aromatic heterocycles. The average Bonchev–Trinajstić information content (AvgIpc) is 2.31. The smallest absolute Gasteiger partial charge is 0.323 e. The first kappa shape index (κ1) is 14.1. The standard InChI is InChI=1S/C15H16O5/c1-15(2)19-13(17)12(14(18)20-15)8-4-6-10-5-3-7-11(16)9-10/h3-7,9,12,16H,8H2,1-2H3. The van der Waals surface area contributed by atoms with Gasteiger partial charge in [0.25, 0.3) is 5.79 Å². The van der Waals surface area contributed by atoms with E-state index >= 15 is 0 Å². The number of esters is 2. The minimum atomic E-state index is -1.19. The fourth-order valence-corrected chi connectivity index (χ4v) is 1.90. The van der Waals surface area contributed by atoms with Crippen LogP contribution in [0.2, 0.25) is 0 Å². The maximum absolute atomic E-state index is 11.7. The normalized spacial score (nSPS) is 18.9. The lowest BCUT2D eigenvalue weighted by molar-refractivity contribution is -0.239. The minimum Gasteiger partial charge on any atom is -0.508 e. The summed E-state index contributed by atoms with van der Waals surface area (Å²) < 4.78 is 10.0. The number of aromatic hydroxyl groups is 1. The van der Waals surface area contributed by atoms with Crippen molar-refractivity contribution in [3.05, 3.63) is 35.9 Å². The van der Waals surface area contributed by atoms with E-state index in [1.165, 1.54) is 13.8 Å². The third-order valence-corrected chi connectivity index (χ3v) is 2.81. The van der Waals surface area contributed by atoms with Gasteiger partial charge in [-0.15, -0.1) is 0 Å². The molecule has 0 unspecified atom stereocenters. The van der Waals surface area contributed by atoms with Crippen LogP contribution in [-0.2, 0) is 19.1 Å². The Labute approximate surface area is 116 Å². The van der Waals surface area contributed by atoms with E-state index in [0.717, 1.165) is 5.56 Å². The molecule has 106 valence electrons. The van der Waals surface area contributed by atoms with Crippen LogP contribution in [0.5, 0.6) is 5.75 Å². The number of carbonyl (C=O) groups is 2. The lowest BCUT2D eigenvalue weighted by Crippen LogP contribution is -2.46. The number of phenols is 1. The zero-order valence-electron chi connectivity index (χ0n) is 11.3. The maximum Gasteiger partial charge on any atom is 0.323 e. The van der Waals surface area contributed by atoms with Crippen molar-refractivity contribution >= 4 is 18.0 Å². The molecule has 1 aromatic carbocycles. The first-order chi connectivity index (χ1) is 9.37. The van der Waals surface area contributed by atoms with Gasteiger partial charge in [-0.05, 0) is 24.1 Å². The van der Waals surface area contributed by atoms with Crippen LogP contribution in [0.15, 0.2) is 30.3 Å². The molecule has 0 radical (unpaired) electrons. The summed E-state index contributed by atoms with van der Waals surface area (Å²) >= 11 is 0. The Bertz CT molecular complexity index is 539. The molecular formula is C15H16O5. The lowest BCUT2D eigenvalue weighted by Gasteiger charge is -2.32. The lowest BCUT2D eigenvalue weighted by atomic mass is 10.0. The maximum atomic E-state index is 11.7. The second-order valence-electron chi connectivity index (χ2n) is 5.03. The van der Waals surface area contributed by atoms with E-state index in [1.54, 1.807) is 36.4 Å². The number of ether oxygens (including phenoxy) is 2. The summed E-state index contributed by atoms with van der Waals surface area (Å²) in [5.74, 6) is -3.12. The van der Waals surface area contributed by atoms with Crippen LogP contribution in [0.25, 0.3) is 6.08 Å². The van der Waals surface area contributed by atoms with Crippen molar-refractivity contribution in [1.29, 1.82) is 0 Å². The molecule has 0 spiro atoms. The molecule has 5 heteroatoms.